The van der Waals surface area contributed by atoms with Gasteiger partial charge in [0, 0.05) is 5.56 Å². The third-order valence-electron chi connectivity index (χ3n) is 3.21. The number of carbonyl (C=O) groups is 1. The van der Waals surface area contributed by atoms with Gasteiger partial charge < -0.3 is 14.2 Å². The molecule has 24 heavy (non-hydrogen) atoms. The number of hydrogen-bond donors (Lipinski definition) is 0. The summed E-state index contributed by atoms with van der Waals surface area (Å²) in [5.41, 5.74) is 1.13. The van der Waals surface area contributed by atoms with Gasteiger partial charge in [0.15, 0.2) is 17.3 Å². The van der Waals surface area contributed by atoms with Crippen LogP contribution >= 0.6 is 0 Å². The van der Waals surface area contributed by atoms with Crippen molar-refractivity contribution >= 4 is 11.9 Å². The maximum atomic E-state index is 12.3. The number of rotatable bonds is 7. The number of allylic oxidation sites excluding steroid dienone is 1. The third kappa shape index (κ3) is 4.55. The highest BCUT2D eigenvalue weighted by Crippen LogP contribution is 2.29. The van der Waals surface area contributed by atoms with E-state index in [0.717, 1.165) is 0 Å². The minimum atomic E-state index is -2.93. The second kappa shape index (κ2) is 8.10. The zero-order valence-electron chi connectivity index (χ0n) is 13.2. The molecule has 0 aliphatic carbocycles. The molecule has 0 fully saturated rings. The van der Waals surface area contributed by atoms with Gasteiger partial charge in [-0.1, -0.05) is 12.1 Å². The number of methoxy groups -OCH3 is 2. The van der Waals surface area contributed by atoms with Crippen molar-refractivity contribution in [3.63, 3.8) is 0 Å². The monoisotopic (exact) mass is 334 g/mol. The second-order valence-electron chi connectivity index (χ2n) is 4.71. The smallest absolute Gasteiger partial charge is 0.387 e. The van der Waals surface area contributed by atoms with Crippen molar-refractivity contribution in [3.8, 4) is 17.2 Å². The molecular formula is C18H16F2O4. The lowest BCUT2D eigenvalue weighted by Gasteiger charge is -2.10. The van der Waals surface area contributed by atoms with Crippen LogP contribution in [-0.2, 0) is 0 Å². The Kier molecular flexibility index (Phi) is 5.89. The molecule has 0 amide bonds. The summed E-state index contributed by atoms with van der Waals surface area (Å²) in [5, 5.41) is 0. The first-order chi connectivity index (χ1) is 11.5. The molecule has 0 unspecified atom stereocenters. The highest BCUT2D eigenvalue weighted by molar-refractivity contribution is 6.06. The van der Waals surface area contributed by atoms with E-state index in [4.69, 9.17) is 9.47 Å². The van der Waals surface area contributed by atoms with Crippen molar-refractivity contribution in [2.24, 2.45) is 0 Å². The van der Waals surface area contributed by atoms with Crippen LogP contribution in [0.2, 0.25) is 0 Å². The quantitative estimate of drug-likeness (QED) is 0.562. The van der Waals surface area contributed by atoms with Gasteiger partial charge in [0.1, 0.15) is 5.75 Å². The second-order valence-corrected chi connectivity index (χ2v) is 4.71. The Labute approximate surface area is 138 Å². The van der Waals surface area contributed by atoms with E-state index in [1.54, 1.807) is 43.5 Å². The molecule has 0 aliphatic heterocycles. The number of ketones is 1. The molecule has 0 saturated carbocycles. The van der Waals surface area contributed by atoms with Crippen LogP contribution in [0.5, 0.6) is 17.2 Å². The zero-order valence-corrected chi connectivity index (χ0v) is 13.2. The molecule has 0 N–H and O–H groups in total. The Balaban J connectivity index is 2.14. The largest absolute Gasteiger partial charge is 0.497 e. The molecule has 0 aliphatic rings. The maximum Gasteiger partial charge on any atom is 0.387 e. The summed E-state index contributed by atoms with van der Waals surface area (Å²) in [5.74, 6) is 0.569. The van der Waals surface area contributed by atoms with E-state index in [9.17, 15) is 13.6 Å². The molecule has 2 aromatic carbocycles. The summed E-state index contributed by atoms with van der Waals surface area (Å²) in [7, 11) is 2.90. The number of alkyl halides is 2. The lowest BCUT2D eigenvalue weighted by molar-refractivity contribution is -0.0512. The highest BCUT2D eigenvalue weighted by atomic mass is 19.3. The number of benzene rings is 2. The van der Waals surface area contributed by atoms with E-state index < -0.39 is 6.61 Å². The summed E-state index contributed by atoms with van der Waals surface area (Å²) in [4.78, 5) is 12.1. The Bertz CT molecular complexity index is 724. The molecule has 0 heterocycles. The van der Waals surface area contributed by atoms with Crippen LogP contribution in [0.15, 0.2) is 48.5 Å². The average Bonchev–Trinajstić information content (AvgIpc) is 2.60. The van der Waals surface area contributed by atoms with E-state index in [1.807, 2.05) is 0 Å². The van der Waals surface area contributed by atoms with Crippen molar-refractivity contribution in [1.82, 2.24) is 0 Å². The fourth-order valence-electron chi connectivity index (χ4n) is 2.00. The highest BCUT2D eigenvalue weighted by Gasteiger charge is 2.10. The van der Waals surface area contributed by atoms with Gasteiger partial charge in [-0.3, -0.25) is 4.79 Å². The van der Waals surface area contributed by atoms with Crippen molar-refractivity contribution in [1.29, 1.82) is 0 Å². The summed E-state index contributed by atoms with van der Waals surface area (Å²) in [6, 6.07) is 11.1. The van der Waals surface area contributed by atoms with Gasteiger partial charge in [-0.2, -0.15) is 8.78 Å². The molecule has 2 rings (SSSR count). The SMILES string of the molecule is COc1ccc(C(=O)/C=C/c2ccc(OC(F)F)c(OC)c2)cc1. The Morgan fingerprint density at radius 2 is 1.71 bits per heavy atom. The van der Waals surface area contributed by atoms with Gasteiger partial charge in [-0.05, 0) is 48.0 Å². The van der Waals surface area contributed by atoms with Crippen LogP contribution in [-0.4, -0.2) is 26.6 Å². The Morgan fingerprint density at radius 3 is 2.29 bits per heavy atom. The molecule has 0 radical (unpaired) electrons. The van der Waals surface area contributed by atoms with Crippen LogP contribution in [0.25, 0.3) is 6.08 Å². The van der Waals surface area contributed by atoms with E-state index in [-0.39, 0.29) is 17.3 Å². The zero-order chi connectivity index (χ0) is 17.5. The molecule has 0 bridgehead atoms. The lowest BCUT2D eigenvalue weighted by atomic mass is 10.1. The maximum absolute atomic E-state index is 12.3. The van der Waals surface area contributed by atoms with Crippen molar-refractivity contribution in [2.45, 2.75) is 6.61 Å². The fraction of sp³-hybridized carbons (Fsp3) is 0.167. The molecule has 0 atom stereocenters. The molecular weight excluding hydrogens is 318 g/mol. The third-order valence-corrected chi connectivity index (χ3v) is 3.21. The van der Waals surface area contributed by atoms with Crippen LogP contribution in [0, 0.1) is 0 Å². The van der Waals surface area contributed by atoms with Crippen molar-refractivity contribution in [3.05, 3.63) is 59.7 Å². The first-order valence-electron chi connectivity index (χ1n) is 7.03. The van der Waals surface area contributed by atoms with Crippen LogP contribution in [0.4, 0.5) is 8.78 Å². The molecule has 2 aromatic rings. The first-order valence-corrected chi connectivity index (χ1v) is 7.03. The Hall–Kier alpha value is -2.89. The van der Waals surface area contributed by atoms with Gasteiger partial charge in [-0.25, -0.2) is 0 Å². The molecule has 6 heteroatoms. The van der Waals surface area contributed by atoms with Crippen LogP contribution in [0.3, 0.4) is 0 Å². The normalized spacial score (nSPS) is 10.9. The predicted molar refractivity (Wildman–Crippen MR) is 86.0 cm³/mol. The van der Waals surface area contributed by atoms with Crippen LogP contribution < -0.4 is 14.2 Å². The standard InChI is InChI=1S/C18H16F2O4/c1-22-14-7-5-13(6-8-14)15(21)9-3-12-4-10-16(24-18(19)20)17(11-12)23-2/h3-11,18H,1-2H3/b9-3+. The van der Waals surface area contributed by atoms with Gasteiger partial charge >= 0.3 is 6.61 Å². The lowest BCUT2D eigenvalue weighted by Crippen LogP contribution is -2.03. The van der Waals surface area contributed by atoms with Gasteiger partial charge in [0.2, 0.25) is 0 Å². The summed E-state index contributed by atoms with van der Waals surface area (Å²) >= 11 is 0. The van der Waals surface area contributed by atoms with E-state index >= 15 is 0 Å². The van der Waals surface area contributed by atoms with E-state index in [2.05, 4.69) is 4.74 Å². The number of ether oxygens (including phenoxy) is 3. The van der Waals surface area contributed by atoms with E-state index in [1.165, 1.54) is 25.3 Å². The molecule has 0 saturated heterocycles. The molecule has 126 valence electrons. The molecule has 0 spiro atoms. The number of hydrogen-bond acceptors (Lipinski definition) is 4. The number of halogens is 2. The van der Waals surface area contributed by atoms with Gasteiger partial charge in [0.25, 0.3) is 0 Å². The topological polar surface area (TPSA) is 44.8 Å². The average molecular weight is 334 g/mol. The van der Waals surface area contributed by atoms with Gasteiger partial charge in [0.05, 0.1) is 14.2 Å². The first kappa shape index (κ1) is 17.5. The predicted octanol–water partition coefficient (Wildman–Crippen LogP) is 4.20. The minimum Gasteiger partial charge on any atom is -0.497 e. The minimum absolute atomic E-state index is 0.0638. The summed E-state index contributed by atoms with van der Waals surface area (Å²) in [6.45, 7) is -2.93. The Morgan fingerprint density at radius 1 is 1.00 bits per heavy atom. The molecule has 4 nitrogen and oxygen atoms in total. The van der Waals surface area contributed by atoms with Crippen molar-refractivity contribution in [2.75, 3.05) is 14.2 Å². The number of carbonyl (C=O) groups excluding carboxylic acids is 1. The van der Waals surface area contributed by atoms with E-state index in [0.29, 0.717) is 16.9 Å². The van der Waals surface area contributed by atoms with Gasteiger partial charge in [-0.15, -0.1) is 0 Å². The summed E-state index contributed by atoms with van der Waals surface area (Å²) in [6.07, 6.45) is 2.96. The molecule has 0 aromatic heterocycles. The summed E-state index contributed by atoms with van der Waals surface area (Å²) < 4.78 is 39.0. The fourth-order valence-corrected chi connectivity index (χ4v) is 2.00. The van der Waals surface area contributed by atoms with Crippen molar-refractivity contribution < 1.29 is 27.8 Å². The van der Waals surface area contributed by atoms with Crippen LogP contribution in [0.1, 0.15) is 15.9 Å².